The third kappa shape index (κ3) is 2.55. The first-order chi connectivity index (χ1) is 14.7. The molecular weight excluding hydrogens is 382 g/mol. The molecule has 0 fully saturated rings. The van der Waals surface area contributed by atoms with Crippen LogP contribution in [0, 0.1) is 0 Å². The number of fused-ring (bicyclic) bond motifs is 3. The van der Waals surface area contributed by atoms with Crippen LogP contribution in [0.25, 0.3) is 10.9 Å². The highest BCUT2D eigenvalue weighted by molar-refractivity contribution is 5.98. The molecule has 2 aliphatic rings. The SMILES string of the molecule is O=C(c1cc2ccccc2[nH]1)N1CCc2[nH]nc(C(=O)N3Cc4cn[nH]c4C3)c2C1. The number of nitrogens with one attached hydrogen (secondary N) is 3. The fraction of sp³-hybridized carbons (Fsp3) is 0.238. The molecule has 0 saturated carbocycles. The number of aromatic nitrogens is 5. The number of aromatic amines is 3. The van der Waals surface area contributed by atoms with Gasteiger partial charge in [0, 0.05) is 47.2 Å². The van der Waals surface area contributed by atoms with Crippen molar-refractivity contribution in [2.75, 3.05) is 6.54 Å². The summed E-state index contributed by atoms with van der Waals surface area (Å²) in [6, 6.07) is 9.69. The number of hydrogen-bond donors (Lipinski definition) is 3. The summed E-state index contributed by atoms with van der Waals surface area (Å²) in [4.78, 5) is 32.9. The van der Waals surface area contributed by atoms with Gasteiger partial charge in [-0.05, 0) is 12.1 Å². The van der Waals surface area contributed by atoms with E-state index in [-0.39, 0.29) is 11.8 Å². The average Bonchev–Trinajstić information content (AvgIpc) is 3.53. The topological polar surface area (TPSA) is 114 Å². The van der Waals surface area contributed by atoms with Gasteiger partial charge >= 0.3 is 0 Å². The largest absolute Gasteiger partial charge is 0.351 e. The maximum absolute atomic E-state index is 13.1. The normalized spacial score (nSPS) is 15.5. The molecule has 9 heteroatoms. The predicted molar refractivity (Wildman–Crippen MR) is 107 cm³/mol. The van der Waals surface area contributed by atoms with Gasteiger partial charge in [-0.15, -0.1) is 0 Å². The zero-order valence-electron chi connectivity index (χ0n) is 16.1. The smallest absolute Gasteiger partial charge is 0.275 e. The van der Waals surface area contributed by atoms with Crippen LogP contribution in [0.5, 0.6) is 0 Å². The van der Waals surface area contributed by atoms with Crippen LogP contribution in [0.3, 0.4) is 0 Å². The molecule has 2 aliphatic heterocycles. The number of amides is 2. The molecule has 150 valence electrons. The number of carbonyl (C=O) groups is 2. The van der Waals surface area contributed by atoms with Crippen LogP contribution >= 0.6 is 0 Å². The molecule has 6 rings (SSSR count). The molecule has 4 aromatic rings. The maximum atomic E-state index is 13.1. The molecule has 0 unspecified atom stereocenters. The minimum Gasteiger partial charge on any atom is -0.351 e. The van der Waals surface area contributed by atoms with E-state index in [4.69, 9.17) is 0 Å². The summed E-state index contributed by atoms with van der Waals surface area (Å²) in [6.45, 7) is 1.95. The monoisotopic (exact) mass is 401 g/mol. The van der Waals surface area contributed by atoms with Crippen molar-refractivity contribution in [2.45, 2.75) is 26.1 Å². The van der Waals surface area contributed by atoms with E-state index >= 15 is 0 Å². The third-order valence-electron chi connectivity index (χ3n) is 5.99. The highest BCUT2D eigenvalue weighted by Gasteiger charge is 2.33. The van der Waals surface area contributed by atoms with E-state index in [1.807, 2.05) is 30.3 Å². The Hall–Kier alpha value is -3.88. The van der Waals surface area contributed by atoms with Crippen LogP contribution in [-0.4, -0.2) is 53.5 Å². The molecule has 0 bridgehead atoms. The number of H-pyrrole nitrogens is 3. The highest BCUT2D eigenvalue weighted by Crippen LogP contribution is 2.27. The maximum Gasteiger partial charge on any atom is 0.275 e. The molecule has 0 aliphatic carbocycles. The Bertz CT molecular complexity index is 1240. The molecule has 30 heavy (non-hydrogen) atoms. The Labute approximate surface area is 171 Å². The standard InChI is InChI=1S/C21H19N7O2/c29-20(17-7-12-3-1-2-4-15(12)23-17)27-6-5-16-14(10-27)19(26-25-16)21(30)28-9-13-8-22-24-18(13)11-28/h1-4,7-8,23H,5-6,9-11H2,(H,22,24)(H,25,26). The second-order valence-electron chi connectivity index (χ2n) is 7.81. The van der Waals surface area contributed by atoms with E-state index < -0.39 is 0 Å². The van der Waals surface area contributed by atoms with Crippen LogP contribution in [0.1, 0.15) is 43.5 Å². The molecule has 3 aromatic heterocycles. The summed E-state index contributed by atoms with van der Waals surface area (Å²) in [6.07, 6.45) is 2.40. The van der Waals surface area contributed by atoms with Gasteiger partial charge in [-0.25, -0.2) is 0 Å². The first-order valence-electron chi connectivity index (χ1n) is 9.91. The van der Waals surface area contributed by atoms with E-state index in [1.54, 1.807) is 16.0 Å². The van der Waals surface area contributed by atoms with E-state index in [2.05, 4.69) is 25.4 Å². The van der Waals surface area contributed by atoms with Gasteiger partial charge in [0.05, 0.1) is 25.0 Å². The third-order valence-corrected chi connectivity index (χ3v) is 5.99. The van der Waals surface area contributed by atoms with E-state index in [0.29, 0.717) is 44.0 Å². The Balaban J connectivity index is 1.25. The van der Waals surface area contributed by atoms with Gasteiger partial charge in [0.2, 0.25) is 0 Å². The summed E-state index contributed by atoms with van der Waals surface area (Å²) in [5, 5.41) is 15.3. The van der Waals surface area contributed by atoms with Crippen molar-refractivity contribution >= 4 is 22.7 Å². The fourth-order valence-electron chi connectivity index (χ4n) is 4.36. The summed E-state index contributed by atoms with van der Waals surface area (Å²) >= 11 is 0. The lowest BCUT2D eigenvalue weighted by Gasteiger charge is -2.27. The number of rotatable bonds is 2. The zero-order valence-corrected chi connectivity index (χ0v) is 16.1. The molecule has 0 radical (unpaired) electrons. The second-order valence-corrected chi connectivity index (χ2v) is 7.81. The molecule has 9 nitrogen and oxygen atoms in total. The van der Waals surface area contributed by atoms with E-state index in [0.717, 1.165) is 33.4 Å². The molecule has 0 spiro atoms. The zero-order chi connectivity index (χ0) is 20.2. The Morgan fingerprint density at radius 3 is 2.73 bits per heavy atom. The van der Waals surface area contributed by atoms with Crippen molar-refractivity contribution in [3.63, 3.8) is 0 Å². The van der Waals surface area contributed by atoms with Crippen LogP contribution in [0.4, 0.5) is 0 Å². The lowest BCUT2D eigenvalue weighted by molar-refractivity contribution is 0.0708. The van der Waals surface area contributed by atoms with Crippen molar-refractivity contribution < 1.29 is 9.59 Å². The first kappa shape index (κ1) is 17.0. The van der Waals surface area contributed by atoms with Gasteiger partial charge in [0.25, 0.3) is 11.8 Å². The number of para-hydroxylation sites is 1. The average molecular weight is 401 g/mol. The number of nitrogens with zero attached hydrogens (tertiary/aromatic N) is 4. The highest BCUT2D eigenvalue weighted by atomic mass is 16.2. The molecular formula is C21H19N7O2. The van der Waals surface area contributed by atoms with Gasteiger partial charge in [-0.1, -0.05) is 18.2 Å². The van der Waals surface area contributed by atoms with Gasteiger partial charge < -0.3 is 14.8 Å². The number of hydrogen-bond acceptors (Lipinski definition) is 4. The van der Waals surface area contributed by atoms with Crippen molar-refractivity contribution in [3.8, 4) is 0 Å². The lowest BCUT2D eigenvalue weighted by atomic mass is 10.0. The van der Waals surface area contributed by atoms with Gasteiger partial charge in [0.1, 0.15) is 5.69 Å². The van der Waals surface area contributed by atoms with E-state index in [9.17, 15) is 9.59 Å². The van der Waals surface area contributed by atoms with Gasteiger partial charge in [-0.3, -0.25) is 19.8 Å². The first-order valence-corrected chi connectivity index (χ1v) is 9.91. The quantitative estimate of drug-likeness (QED) is 0.476. The molecule has 2 amide bonds. The minimum atomic E-state index is -0.128. The van der Waals surface area contributed by atoms with Gasteiger partial charge in [-0.2, -0.15) is 10.2 Å². The molecule has 0 atom stereocenters. The van der Waals surface area contributed by atoms with Gasteiger partial charge in [0.15, 0.2) is 5.69 Å². The Kier molecular flexibility index (Phi) is 3.58. The molecule has 0 saturated heterocycles. The van der Waals surface area contributed by atoms with E-state index in [1.165, 1.54) is 0 Å². The summed E-state index contributed by atoms with van der Waals surface area (Å²) < 4.78 is 0. The molecule has 1 aromatic carbocycles. The molecule has 5 heterocycles. The summed E-state index contributed by atoms with van der Waals surface area (Å²) in [5.41, 5.74) is 5.62. The Morgan fingerprint density at radius 2 is 1.87 bits per heavy atom. The van der Waals surface area contributed by atoms with Crippen molar-refractivity contribution in [3.05, 3.63) is 70.4 Å². The van der Waals surface area contributed by atoms with Crippen LogP contribution < -0.4 is 0 Å². The predicted octanol–water partition coefficient (Wildman–Crippen LogP) is 1.97. The number of carbonyl (C=O) groups excluding carboxylic acids is 2. The van der Waals surface area contributed by atoms with Crippen molar-refractivity contribution in [2.24, 2.45) is 0 Å². The number of benzene rings is 1. The van der Waals surface area contributed by atoms with Crippen LogP contribution in [0.2, 0.25) is 0 Å². The lowest BCUT2D eigenvalue weighted by Crippen LogP contribution is -2.37. The summed E-state index contributed by atoms with van der Waals surface area (Å²) in [5.74, 6) is -0.198. The second kappa shape index (κ2) is 6.31. The van der Waals surface area contributed by atoms with Crippen LogP contribution in [0.15, 0.2) is 36.5 Å². The fourth-order valence-corrected chi connectivity index (χ4v) is 4.36. The summed E-state index contributed by atoms with van der Waals surface area (Å²) in [7, 11) is 0. The minimum absolute atomic E-state index is 0.0707. The van der Waals surface area contributed by atoms with Crippen LogP contribution in [-0.2, 0) is 26.1 Å². The Morgan fingerprint density at radius 1 is 0.967 bits per heavy atom. The molecule has 3 N–H and O–H groups in total. The van der Waals surface area contributed by atoms with Crippen molar-refractivity contribution in [1.82, 2.24) is 35.2 Å². The van der Waals surface area contributed by atoms with Crippen molar-refractivity contribution in [1.29, 1.82) is 0 Å².